The van der Waals surface area contributed by atoms with Gasteiger partial charge in [0.15, 0.2) is 5.82 Å². The molecule has 0 spiro atoms. The molecule has 11 heteroatoms. The van der Waals surface area contributed by atoms with E-state index < -0.39 is 29.5 Å². The fourth-order valence-corrected chi connectivity index (χ4v) is 6.16. The Labute approximate surface area is 202 Å². The van der Waals surface area contributed by atoms with Crippen molar-refractivity contribution in [2.24, 2.45) is 17.8 Å². The van der Waals surface area contributed by atoms with Crippen LogP contribution in [0.4, 0.5) is 17.6 Å². The number of hydrogen-bond donors (Lipinski definition) is 1. The lowest BCUT2D eigenvalue weighted by Gasteiger charge is -2.47. The topological polar surface area (TPSA) is 85.7 Å². The van der Waals surface area contributed by atoms with Crippen molar-refractivity contribution in [2.75, 3.05) is 6.61 Å². The zero-order valence-corrected chi connectivity index (χ0v) is 19.3. The van der Waals surface area contributed by atoms with E-state index in [-0.39, 0.29) is 41.3 Å². The molecule has 0 saturated heterocycles. The first-order valence-electron chi connectivity index (χ1n) is 12.0. The third kappa shape index (κ3) is 3.55. The van der Waals surface area contributed by atoms with Gasteiger partial charge in [-0.3, -0.25) is 4.79 Å². The molecule has 1 N–H and O–H groups in total. The van der Waals surface area contributed by atoms with Gasteiger partial charge >= 0.3 is 12.1 Å². The maximum Gasteiger partial charge on any atom is 0.418 e. The van der Waals surface area contributed by atoms with Gasteiger partial charge in [-0.15, -0.1) is 0 Å². The van der Waals surface area contributed by atoms with Crippen LogP contribution < -0.4 is 0 Å². The summed E-state index contributed by atoms with van der Waals surface area (Å²) in [5, 5.41) is 0.282. The number of esters is 1. The second-order valence-corrected chi connectivity index (χ2v) is 9.57. The van der Waals surface area contributed by atoms with Crippen LogP contribution in [0, 0.1) is 23.6 Å². The predicted molar refractivity (Wildman–Crippen MR) is 122 cm³/mol. The van der Waals surface area contributed by atoms with Crippen molar-refractivity contribution in [2.45, 2.75) is 44.8 Å². The summed E-state index contributed by atoms with van der Waals surface area (Å²) in [5.74, 6) is -1.25. The van der Waals surface area contributed by atoms with Crippen molar-refractivity contribution in [1.82, 2.24) is 24.5 Å². The van der Waals surface area contributed by atoms with E-state index in [9.17, 15) is 22.4 Å². The van der Waals surface area contributed by atoms with E-state index in [1.165, 1.54) is 10.6 Å². The van der Waals surface area contributed by atoms with Crippen LogP contribution in [0.2, 0.25) is 0 Å². The van der Waals surface area contributed by atoms with Gasteiger partial charge in [-0.2, -0.15) is 13.2 Å². The molecule has 3 aliphatic rings. The van der Waals surface area contributed by atoms with Gasteiger partial charge in [0.1, 0.15) is 17.1 Å². The summed E-state index contributed by atoms with van der Waals surface area (Å²) in [5.41, 5.74) is 0.0818. The minimum atomic E-state index is -4.63. The number of hydrogen-bond acceptors (Lipinski definition) is 5. The lowest BCUT2D eigenvalue weighted by atomic mass is 9.61. The highest BCUT2D eigenvalue weighted by atomic mass is 19.4. The second kappa shape index (κ2) is 8.28. The Balaban J connectivity index is 1.56. The Morgan fingerprint density at radius 2 is 1.89 bits per heavy atom. The number of ether oxygens (including phenoxy) is 1. The number of pyridine rings is 1. The van der Waals surface area contributed by atoms with Gasteiger partial charge in [0.2, 0.25) is 0 Å². The van der Waals surface area contributed by atoms with Crippen LogP contribution in [-0.4, -0.2) is 37.1 Å². The second-order valence-electron chi connectivity index (χ2n) is 9.57. The molecule has 0 amide bonds. The van der Waals surface area contributed by atoms with Gasteiger partial charge in [0.05, 0.1) is 30.3 Å². The molecule has 3 aliphatic carbocycles. The Morgan fingerprint density at radius 1 is 1.14 bits per heavy atom. The molecule has 4 aromatic rings. The Hall–Kier alpha value is -3.50. The van der Waals surface area contributed by atoms with Crippen molar-refractivity contribution >= 4 is 28.0 Å². The number of halogens is 4. The number of aromatic nitrogens is 5. The van der Waals surface area contributed by atoms with E-state index in [4.69, 9.17) is 4.74 Å². The van der Waals surface area contributed by atoms with Gasteiger partial charge in [-0.05, 0) is 50.5 Å². The molecule has 36 heavy (non-hydrogen) atoms. The minimum absolute atomic E-state index is 0.0332. The van der Waals surface area contributed by atoms with Crippen molar-refractivity contribution in [3.8, 4) is 11.4 Å². The van der Waals surface area contributed by atoms with Crippen molar-refractivity contribution in [3.63, 3.8) is 0 Å². The number of fused-ring (bicyclic) bond motifs is 5. The molecule has 0 aliphatic heterocycles. The summed E-state index contributed by atoms with van der Waals surface area (Å²) < 4.78 is 63.0. The highest BCUT2D eigenvalue weighted by Crippen LogP contribution is 2.53. The summed E-state index contributed by atoms with van der Waals surface area (Å²) in [7, 11) is 0. The summed E-state index contributed by atoms with van der Waals surface area (Å²) in [4.78, 5) is 28.7. The number of nitrogens with one attached hydrogen (secondary N) is 1. The number of H-pyrrole nitrogens is 1. The Bertz CT molecular complexity index is 1470. The molecular weight excluding hydrogens is 478 g/mol. The molecule has 2 bridgehead atoms. The van der Waals surface area contributed by atoms with Crippen LogP contribution >= 0.6 is 0 Å². The summed E-state index contributed by atoms with van der Waals surface area (Å²) >= 11 is 0. The van der Waals surface area contributed by atoms with E-state index >= 15 is 0 Å². The average Bonchev–Trinajstić information content (AvgIpc) is 3.45. The fraction of sp³-hybridized carbons (Fsp3) is 0.440. The van der Waals surface area contributed by atoms with E-state index in [0.29, 0.717) is 16.6 Å². The number of alkyl halides is 3. The molecule has 4 aromatic heterocycles. The van der Waals surface area contributed by atoms with E-state index in [1.54, 1.807) is 13.1 Å². The normalized spacial score (nSPS) is 24.0. The van der Waals surface area contributed by atoms with E-state index in [2.05, 4.69) is 19.9 Å². The molecule has 2 atom stereocenters. The van der Waals surface area contributed by atoms with Crippen LogP contribution in [0.5, 0.6) is 0 Å². The molecule has 3 saturated carbocycles. The quantitative estimate of drug-likeness (QED) is 0.288. The number of carbonyl (C=O) groups is 1. The number of carbonyl (C=O) groups excluding carboxylic acids is 1. The number of nitrogens with zero attached hydrogens (tertiary/aromatic N) is 4. The highest BCUT2D eigenvalue weighted by Gasteiger charge is 2.50. The first-order valence-corrected chi connectivity index (χ1v) is 12.0. The van der Waals surface area contributed by atoms with Gasteiger partial charge in [-0.1, -0.05) is 0 Å². The maximum absolute atomic E-state index is 14.1. The fourth-order valence-electron chi connectivity index (χ4n) is 6.16. The molecular formula is C25H23F4N5O2. The lowest BCUT2D eigenvalue weighted by Crippen LogP contribution is -2.45. The van der Waals surface area contributed by atoms with Crippen LogP contribution in [0.15, 0.2) is 30.9 Å². The molecule has 0 unspecified atom stereocenters. The molecule has 0 radical (unpaired) electrons. The standard InChI is InChI=1S/C25H23F4N5O2/c1-2-36-24(35)19-12-3-5-13(6-4-12)20(19)34-11-18(25(27,28)29)17-10-32-22(33-23(17)34)16-9-31-21-15(16)7-14(26)8-30-21/h7-13,19-20H,2-6H2,1H3,(H,30,31)/t12?,13?,19-,20-/m1/s1. The zero-order valence-electron chi connectivity index (χ0n) is 19.3. The molecule has 7 nitrogen and oxygen atoms in total. The van der Waals surface area contributed by atoms with Crippen molar-refractivity contribution in [1.29, 1.82) is 0 Å². The largest absolute Gasteiger partial charge is 0.466 e. The number of rotatable bonds is 4. The third-order valence-corrected chi connectivity index (χ3v) is 7.67. The van der Waals surface area contributed by atoms with Gasteiger partial charge in [0.25, 0.3) is 0 Å². The average molecular weight is 501 g/mol. The van der Waals surface area contributed by atoms with E-state index in [1.807, 2.05) is 0 Å². The summed E-state index contributed by atoms with van der Waals surface area (Å²) in [6.07, 6.45) is 3.58. The number of aromatic amines is 1. The molecule has 188 valence electrons. The summed E-state index contributed by atoms with van der Waals surface area (Å²) in [6, 6.07) is 0.777. The first kappa shape index (κ1) is 22.9. The highest BCUT2D eigenvalue weighted by molar-refractivity contribution is 5.93. The van der Waals surface area contributed by atoms with Crippen LogP contribution in [0.1, 0.15) is 44.2 Å². The minimum Gasteiger partial charge on any atom is -0.466 e. The maximum atomic E-state index is 14.1. The monoisotopic (exact) mass is 501 g/mol. The van der Waals surface area contributed by atoms with Crippen LogP contribution in [0.3, 0.4) is 0 Å². The Kier molecular flexibility index (Phi) is 5.27. The molecule has 0 aromatic carbocycles. The predicted octanol–water partition coefficient (Wildman–Crippen LogP) is 5.67. The first-order chi connectivity index (χ1) is 17.3. The van der Waals surface area contributed by atoms with Crippen LogP contribution in [-0.2, 0) is 15.7 Å². The smallest absolute Gasteiger partial charge is 0.418 e. The Morgan fingerprint density at radius 3 is 2.61 bits per heavy atom. The zero-order chi connectivity index (χ0) is 25.2. The third-order valence-electron chi connectivity index (χ3n) is 7.67. The van der Waals surface area contributed by atoms with Crippen molar-refractivity contribution < 1.29 is 27.1 Å². The van der Waals surface area contributed by atoms with E-state index in [0.717, 1.165) is 44.3 Å². The van der Waals surface area contributed by atoms with Gasteiger partial charge in [-0.25, -0.2) is 19.3 Å². The van der Waals surface area contributed by atoms with Crippen LogP contribution in [0.25, 0.3) is 33.5 Å². The molecule has 7 rings (SSSR count). The summed E-state index contributed by atoms with van der Waals surface area (Å²) in [6.45, 7) is 1.93. The van der Waals surface area contributed by atoms with Gasteiger partial charge < -0.3 is 14.3 Å². The SMILES string of the molecule is CCOC(=O)[C@@H]1C2CCC(CC2)[C@H]1n1cc(C(F)(F)F)c2cnc(-c3c[nH]c4ncc(F)cc34)nc21. The molecule has 3 fully saturated rings. The molecule has 4 heterocycles. The van der Waals surface area contributed by atoms with Crippen molar-refractivity contribution in [3.05, 3.63) is 42.2 Å². The van der Waals surface area contributed by atoms with Gasteiger partial charge in [0, 0.05) is 34.9 Å². The lowest BCUT2D eigenvalue weighted by molar-refractivity contribution is -0.157.